The molecule has 146 valence electrons. The Morgan fingerprint density at radius 1 is 0.929 bits per heavy atom. The summed E-state index contributed by atoms with van der Waals surface area (Å²) in [5, 5.41) is 0. The van der Waals surface area contributed by atoms with E-state index in [4.69, 9.17) is 14.2 Å². The molecule has 0 aromatic heterocycles. The van der Waals surface area contributed by atoms with Gasteiger partial charge in [0.05, 0.1) is 24.7 Å². The highest BCUT2D eigenvalue weighted by atomic mass is 32.2. The van der Waals surface area contributed by atoms with E-state index in [2.05, 4.69) is 0 Å². The van der Waals surface area contributed by atoms with Crippen molar-refractivity contribution in [2.45, 2.75) is 4.90 Å². The standard InChI is InChI=1S/C19H17NO7S/c1-20-16(19(22)26-3)17(14-6-4-5-7-15(14)28(20,23)24)27-18(21)12-8-10-13(25-2)11-9-12/h4-11H,1-3H3. The number of ether oxygens (including phenoxy) is 3. The van der Waals surface area contributed by atoms with Gasteiger partial charge in [-0.2, -0.15) is 0 Å². The van der Waals surface area contributed by atoms with Gasteiger partial charge in [-0.3, -0.25) is 4.31 Å². The number of esters is 2. The highest BCUT2D eigenvalue weighted by Gasteiger charge is 2.40. The molecule has 0 N–H and O–H groups in total. The van der Waals surface area contributed by atoms with E-state index in [1.165, 1.54) is 44.5 Å². The Morgan fingerprint density at radius 3 is 2.18 bits per heavy atom. The van der Waals surface area contributed by atoms with E-state index >= 15 is 0 Å². The highest BCUT2D eigenvalue weighted by molar-refractivity contribution is 7.89. The first-order chi connectivity index (χ1) is 13.3. The molecule has 0 atom stereocenters. The summed E-state index contributed by atoms with van der Waals surface area (Å²) < 4.78 is 41.4. The highest BCUT2D eigenvalue weighted by Crippen LogP contribution is 2.37. The van der Waals surface area contributed by atoms with Crippen molar-refractivity contribution in [2.75, 3.05) is 21.3 Å². The Hall–Kier alpha value is -3.33. The number of carbonyl (C=O) groups is 2. The number of fused-ring (bicyclic) bond motifs is 1. The quantitative estimate of drug-likeness (QED) is 0.720. The summed E-state index contributed by atoms with van der Waals surface area (Å²) >= 11 is 0. The predicted octanol–water partition coefficient (Wildman–Crippen LogP) is 2.03. The Morgan fingerprint density at radius 2 is 1.57 bits per heavy atom. The minimum atomic E-state index is -4.00. The lowest BCUT2D eigenvalue weighted by atomic mass is 10.1. The minimum absolute atomic E-state index is 0.0808. The van der Waals surface area contributed by atoms with Gasteiger partial charge >= 0.3 is 11.9 Å². The van der Waals surface area contributed by atoms with Crippen LogP contribution in [0.1, 0.15) is 15.9 Å². The zero-order valence-corrected chi connectivity index (χ0v) is 16.1. The van der Waals surface area contributed by atoms with E-state index in [1.54, 1.807) is 18.2 Å². The summed E-state index contributed by atoms with van der Waals surface area (Å²) in [5.41, 5.74) is -0.0861. The summed E-state index contributed by atoms with van der Waals surface area (Å²) in [4.78, 5) is 24.8. The molecule has 0 fully saturated rings. The first-order valence-electron chi connectivity index (χ1n) is 8.08. The van der Waals surface area contributed by atoms with Crippen LogP contribution in [0.15, 0.2) is 59.1 Å². The number of likely N-dealkylation sites (N-methyl/N-ethyl adjacent to an activating group) is 1. The summed E-state index contributed by atoms with van der Waals surface area (Å²) in [6.07, 6.45) is 0. The third-order valence-electron chi connectivity index (χ3n) is 4.20. The van der Waals surface area contributed by atoms with Crippen LogP contribution in [0.25, 0.3) is 5.76 Å². The zero-order valence-electron chi connectivity index (χ0n) is 15.3. The van der Waals surface area contributed by atoms with Crippen LogP contribution in [0.5, 0.6) is 5.75 Å². The second-order valence-corrected chi connectivity index (χ2v) is 7.69. The van der Waals surface area contributed by atoms with E-state index in [-0.39, 0.29) is 27.5 Å². The molecule has 28 heavy (non-hydrogen) atoms. The van der Waals surface area contributed by atoms with Crippen LogP contribution >= 0.6 is 0 Å². The molecule has 0 amide bonds. The van der Waals surface area contributed by atoms with Gasteiger partial charge < -0.3 is 14.2 Å². The first kappa shape index (κ1) is 19.4. The molecule has 2 aromatic carbocycles. The molecule has 2 aromatic rings. The van der Waals surface area contributed by atoms with Gasteiger partial charge in [0.25, 0.3) is 10.0 Å². The van der Waals surface area contributed by atoms with Gasteiger partial charge in [0.2, 0.25) is 0 Å². The van der Waals surface area contributed by atoms with Gasteiger partial charge in [0.1, 0.15) is 5.75 Å². The van der Waals surface area contributed by atoms with Gasteiger partial charge in [0, 0.05) is 12.6 Å². The molecular weight excluding hydrogens is 386 g/mol. The van der Waals surface area contributed by atoms with Gasteiger partial charge in [0.15, 0.2) is 11.5 Å². The Labute approximate surface area is 162 Å². The maximum Gasteiger partial charge on any atom is 0.359 e. The molecular formula is C19H17NO7S. The Kier molecular flexibility index (Phi) is 5.10. The average molecular weight is 403 g/mol. The maximum absolute atomic E-state index is 12.7. The molecule has 0 saturated heterocycles. The van der Waals surface area contributed by atoms with Crippen LogP contribution < -0.4 is 4.74 Å². The maximum atomic E-state index is 12.7. The molecule has 1 aliphatic rings. The minimum Gasteiger partial charge on any atom is -0.497 e. The van der Waals surface area contributed by atoms with E-state index in [0.29, 0.717) is 5.75 Å². The van der Waals surface area contributed by atoms with E-state index in [0.717, 1.165) is 11.4 Å². The number of benzene rings is 2. The van der Waals surface area contributed by atoms with Crippen LogP contribution in [0, 0.1) is 0 Å². The van der Waals surface area contributed by atoms with Crippen molar-refractivity contribution in [2.24, 2.45) is 0 Å². The lowest BCUT2D eigenvalue weighted by molar-refractivity contribution is -0.137. The molecule has 1 heterocycles. The number of sulfonamides is 1. The fraction of sp³-hybridized carbons (Fsp3) is 0.158. The Balaban J connectivity index is 2.13. The van der Waals surface area contributed by atoms with E-state index in [1.807, 2.05) is 0 Å². The zero-order chi connectivity index (χ0) is 20.5. The summed E-state index contributed by atoms with van der Waals surface area (Å²) in [7, 11) is -0.201. The average Bonchev–Trinajstić information content (AvgIpc) is 2.72. The number of nitrogens with zero attached hydrogens (tertiary/aromatic N) is 1. The molecule has 0 bridgehead atoms. The summed E-state index contributed by atoms with van der Waals surface area (Å²) in [6, 6.07) is 12.1. The molecule has 9 heteroatoms. The molecule has 0 unspecified atom stereocenters. The van der Waals surface area contributed by atoms with Gasteiger partial charge in [-0.25, -0.2) is 18.0 Å². The second kappa shape index (κ2) is 7.35. The topological polar surface area (TPSA) is 99.2 Å². The van der Waals surface area contributed by atoms with Crippen molar-refractivity contribution in [3.05, 3.63) is 65.4 Å². The van der Waals surface area contributed by atoms with E-state index < -0.39 is 22.0 Å². The van der Waals surface area contributed by atoms with Crippen molar-refractivity contribution in [3.63, 3.8) is 0 Å². The van der Waals surface area contributed by atoms with Crippen molar-refractivity contribution < 1.29 is 32.2 Å². The molecule has 3 rings (SSSR count). The van der Waals surface area contributed by atoms with Crippen LogP contribution in [0.3, 0.4) is 0 Å². The molecule has 0 radical (unpaired) electrons. The monoisotopic (exact) mass is 403 g/mol. The van der Waals surface area contributed by atoms with E-state index in [9.17, 15) is 18.0 Å². The molecule has 0 saturated carbocycles. The number of hydrogen-bond donors (Lipinski definition) is 0. The fourth-order valence-electron chi connectivity index (χ4n) is 2.72. The second-order valence-electron chi connectivity index (χ2n) is 5.76. The summed E-state index contributed by atoms with van der Waals surface area (Å²) in [5.74, 6) is -1.35. The normalized spacial score (nSPS) is 14.9. The van der Waals surface area contributed by atoms with Crippen molar-refractivity contribution in [1.29, 1.82) is 0 Å². The third-order valence-corrected chi connectivity index (χ3v) is 6.01. The van der Waals surface area contributed by atoms with Gasteiger partial charge in [-0.15, -0.1) is 0 Å². The number of carbonyl (C=O) groups excluding carboxylic acids is 2. The SMILES string of the molecule is COC(=O)C1=C(OC(=O)c2ccc(OC)cc2)c2ccccc2S(=O)(=O)N1C. The number of methoxy groups -OCH3 is 2. The molecule has 8 nitrogen and oxygen atoms in total. The smallest absolute Gasteiger partial charge is 0.359 e. The largest absolute Gasteiger partial charge is 0.497 e. The molecule has 1 aliphatic heterocycles. The lowest BCUT2D eigenvalue weighted by Gasteiger charge is -2.29. The van der Waals surface area contributed by atoms with Crippen LogP contribution in [-0.2, 0) is 24.3 Å². The Bertz CT molecular complexity index is 1070. The van der Waals surface area contributed by atoms with Crippen LogP contribution in [-0.4, -0.2) is 45.9 Å². The number of rotatable bonds is 4. The predicted molar refractivity (Wildman–Crippen MR) is 98.7 cm³/mol. The van der Waals surface area contributed by atoms with Crippen molar-refractivity contribution in [1.82, 2.24) is 4.31 Å². The van der Waals surface area contributed by atoms with Gasteiger partial charge in [-0.05, 0) is 36.4 Å². The number of hydrogen-bond acceptors (Lipinski definition) is 7. The summed E-state index contributed by atoms with van der Waals surface area (Å²) in [6.45, 7) is 0. The molecule has 0 spiro atoms. The van der Waals surface area contributed by atoms with Crippen molar-refractivity contribution >= 4 is 27.7 Å². The third kappa shape index (κ3) is 3.20. The van der Waals surface area contributed by atoms with Crippen LogP contribution in [0.4, 0.5) is 0 Å². The van der Waals surface area contributed by atoms with Crippen LogP contribution in [0.2, 0.25) is 0 Å². The van der Waals surface area contributed by atoms with Gasteiger partial charge in [-0.1, -0.05) is 12.1 Å². The molecule has 0 aliphatic carbocycles. The first-order valence-corrected chi connectivity index (χ1v) is 9.52. The lowest BCUT2D eigenvalue weighted by Crippen LogP contribution is -2.36. The fourth-order valence-corrected chi connectivity index (χ4v) is 4.10. The van der Waals surface area contributed by atoms with Crippen molar-refractivity contribution in [3.8, 4) is 5.75 Å².